The van der Waals surface area contributed by atoms with Gasteiger partial charge in [0.05, 0.1) is 31.5 Å². The highest BCUT2D eigenvalue weighted by Gasteiger charge is 2.41. The van der Waals surface area contributed by atoms with Gasteiger partial charge in [-0.3, -0.25) is 0 Å². The fourth-order valence-corrected chi connectivity index (χ4v) is 3.61. The van der Waals surface area contributed by atoms with E-state index in [0.717, 1.165) is 17.5 Å². The average Bonchev–Trinajstić information content (AvgIpc) is 2.64. The highest BCUT2D eigenvalue weighted by molar-refractivity contribution is 5.14. The van der Waals surface area contributed by atoms with Gasteiger partial charge < -0.3 is 14.6 Å². The third-order valence-electron chi connectivity index (χ3n) is 5.19. The zero-order chi connectivity index (χ0) is 17.6. The second-order valence-electron chi connectivity index (χ2n) is 7.16. The molecule has 1 fully saturated rings. The van der Waals surface area contributed by atoms with Crippen molar-refractivity contribution in [3.63, 3.8) is 0 Å². The molecule has 1 aliphatic carbocycles. The average molecular weight is 340 g/mol. The molecule has 0 spiro atoms. The summed E-state index contributed by atoms with van der Waals surface area (Å²) in [6, 6.07) is 20.4. The Hall–Kier alpha value is -1.68. The van der Waals surface area contributed by atoms with Gasteiger partial charge in [-0.1, -0.05) is 74.5 Å². The number of benzene rings is 2. The van der Waals surface area contributed by atoms with E-state index in [1.54, 1.807) is 0 Å². The van der Waals surface area contributed by atoms with Crippen LogP contribution in [0.5, 0.6) is 0 Å². The maximum Gasteiger partial charge on any atom is 0.0894 e. The summed E-state index contributed by atoms with van der Waals surface area (Å²) in [7, 11) is 0. The predicted octanol–water partition coefficient (Wildman–Crippen LogP) is 4.19. The van der Waals surface area contributed by atoms with Crippen molar-refractivity contribution in [2.45, 2.75) is 51.8 Å². The zero-order valence-corrected chi connectivity index (χ0v) is 15.0. The van der Waals surface area contributed by atoms with Gasteiger partial charge in [-0.2, -0.15) is 0 Å². The van der Waals surface area contributed by atoms with Crippen LogP contribution in [0.2, 0.25) is 0 Å². The zero-order valence-electron chi connectivity index (χ0n) is 15.0. The Kier molecular flexibility index (Phi) is 6.24. The molecule has 3 nitrogen and oxygen atoms in total. The molecule has 0 saturated heterocycles. The number of aliphatic hydroxyl groups excluding tert-OH is 1. The van der Waals surface area contributed by atoms with E-state index in [4.69, 9.17) is 9.47 Å². The Balaban J connectivity index is 1.67. The smallest absolute Gasteiger partial charge is 0.0894 e. The number of hydrogen-bond acceptors (Lipinski definition) is 3. The van der Waals surface area contributed by atoms with Gasteiger partial charge in [-0.05, 0) is 23.5 Å². The normalized spacial score (nSPS) is 29.5. The molecule has 2 aromatic carbocycles. The largest absolute Gasteiger partial charge is 0.393 e. The van der Waals surface area contributed by atoms with Crippen LogP contribution in [-0.4, -0.2) is 23.4 Å². The van der Waals surface area contributed by atoms with Crippen LogP contribution in [0.25, 0.3) is 0 Å². The van der Waals surface area contributed by atoms with Gasteiger partial charge in [0.2, 0.25) is 0 Å². The molecule has 1 aliphatic rings. The third-order valence-corrected chi connectivity index (χ3v) is 5.19. The Morgan fingerprint density at radius 3 is 1.80 bits per heavy atom. The fraction of sp³-hybridized carbons (Fsp3) is 0.455. The highest BCUT2D eigenvalue weighted by atomic mass is 16.5. The molecule has 134 valence electrons. The molecule has 0 heterocycles. The molecule has 0 bridgehead atoms. The second kappa shape index (κ2) is 8.61. The van der Waals surface area contributed by atoms with E-state index < -0.39 is 0 Å². The molecule has 0 aliphatic heterocycles. The lowest BCUT2D eigenvalue weighted by Crippen LogP contribution is -2.50. The highest BCUT2D eigenvalue weighted by Crippen LogP contribution is 2.34. The van der Waals surface area contributed by atoms with E-state index in [1.165, 1.54) is 0 Å². The molecular formula is C22H28O3. The molecule has 0 aromatic heterocycles. The van der Waals surface area contributed by atoms with Crippen LogP contribution in [0.15, 0.2) is 60.7 Å². The summed E-state index contributed by atoms with van der Waals surface area (Å²) in [5, 5.41) is 10.4. The molecule has 0 amide bonds. The Morgan fingerprint density at radius 2 is 1.28 bits per heavy atom. The second-order valence-corrected chi connectivity index (χ2v) is 7.16. The van der Waals surface area contributed by atoms with Gasteiger partial charge in [0.25, 0.3) is 0 Å². The van der Waals surface area contributed by atoms with E-state index in [-0.39, 0.29) is 30.1 Å². The number of aliphatic hydroxyl groups is 1. The molecular weight excluding hydrogens is 312 g/mol. The predicted molar refractivity (Wildman–Crippen MR) is 99.0 cm³/mol. The van der Waals surface area contributed by atoms with Crippen LogP contribution < -0.4 is 0 Å². The number of rotatable bonds is 6. The van der Waals surface area contributed by atoms with Crippen molar-refractivity contribution in [1.82, 2.24) is 0 Å². The lowest BCUT2D eigenvalue weighted by Gasteiger charge is -2.42. The van der Waals surface area contributed by atoms with Crippen LogP contribution in [-0.2, 0) is 22.7 Å². The molecule has 1 N–H and O–H groups in total. The minimum atomic E-state index is -0.340. The van der Waals surface area contributed by atoms with Crippen LogP contribution in [0, 0.1) is 11.8 Å². The van der Waals surface area contributed by atoms with Crippen molar-refractivity contribution < 1.29 is 14.6 Å². The minimum absolute atomic E-state index is 0.0117. The third kappa shape index (κ3) is 4.69. The molecule has 5 atom stereocenters. The molecule has 1 saturated carbocycles. The van der Waals surface area contributed by atoms with Gasteiger partial charge in [-0.15, -0.1) is 0 Å². The first kappa shape index (κ1) is 18.1. The van der Waals surface area contributed by atoms with Gasteiger partial charge in [-0.25, -0.2) is 0 Å². The molecule has 2 aromatic rings. The monoisotopic (exact) mass is 340 g/mol. The lowest BCUT2D eigenvalue weighted by molar-refractivity contribution is -0.172. The van der Waals surface area contributed by atoms with Gasteiger partial charge >= 0.3 is 0 Å². The maximum absolute atomic E-state index is 10.4. The van der Waals surface area contributed by atoms with E-state index >= 15 is 0 Å². The summed E-state index contributed by atoms with van der Waals surface area (Å²) in [5.74, 6) is 0.316. The first-order valence-corrected chi connectivity index (χ1v) is 9.14. The molecule has 0 radical (unpaired) electrons. The summed E-state index contributed by atoms with van der Waals surface area (Å²) < 4.78 is 12.5. The van der Waals surface area contributed by atoms with Gasteiger partial charge in [0.1, 0.15) is 0 Å². The first-order valence-electron chi connectivity index (χ1n) is 9.14. The van der Waals surface area contributed by atoms with Gasteiger partial charge in [0, 0.05) is 5.92 Å². The summed E-state index contributed by atoms with van der Waals surface area (Å²) in [5.41, 5.74) is 2.31. The van der Waals surface area contributed by atoms with E-state index in [0.29, 0.717) is 13.2 Å². The van der Waals surface area contributed by atoms with E-state index in [2.05, 4.69) is 38.1 Å². The van der Waals surface area contributed by atoms with Crippen molar-refractivity contribution in [3.05, 3.63) is 71.8 Å². The Morgan fingerprint density at radius 1 is 0.800 bits per heavy atom. The summed E-state index contributed by atoms with van der Waals surface area (Å²) in [4.78, 5) is 0. The van der Waals surface area contributed by atoms with Crippen LogP contribution in [0.3, 0.4) is 0 Å². The molecule has 3 heteroatoms. The Bertz CT molecular complexity index is 628. The minimum Gasteiger partial charge on any atom is -0.393 e. The quantitative estimate of drug-likeness (QED) is 0.857. The SMILES string of the molecule is CC1C(O)CC(C)[C@H](OCc2ccccc2)[C@@H]1OCc1ccccc1. The number of ether oxygens (including phenoxy) is 2. The topological polar surface area (TPSA) is 38.7 Å². The first-order chi connectivity index (χ1) is 12.1. The van der Waals surface area contributed by atoms with Crippen LogP contribution >= 0.6 is 0 Å². The van der Waals surface area contributed by atoms with Crippen molar-refractivity contribution in [3.8, 4) is 0 Å². The van der Waals surface area contributed by atoms with E-state index in [9.17, 15) is 5.11 Å². The van der Waals surface area contributed by atoms with Crippen LogP contribution in [0.4, 0.5) is 0 Å². The standard InChI is InChI=1S/C22H28O3/c1-16-13-20(23)17(2)22(25-15-19-11-7-4-8-12-19)21(16)24-14-18-9-5-3-6-10-18/h3-12,16-17,20-23H,13-15H2,1-2H3/t16?,17?,20?,21-,22+/m0/s1. The molecule has 3 unspecified atom stereocenters. The summed E-state index contributed by atoms with van der Waals surface area (Å²) >= 11 is 0. The van der Waals surface area contributed by atoms with Crippen molar-refractivity contribution in [2.75, 3.05) is 0 Å². The maximum atomic E-state index is 10.4. The van der Waals surface area contributed by atoms with E-state index in [1.807, 2.05) is 36.4 Å². The molecule has 25 heavy (non-hydrogen) atoms. The van der Waals surface area contributed by atoms with Crippen molar-refractivity contribution >= 4 is 0 Å². The summed E-state index contributed by atoms with van der Waals surface area (Å²) in [6.45, 7) is 5.32. The van der Waals surface area contributed by atoms with Crippen molar-refractivity contribution in [1.29, 1.82) is 0 Å². The molecule has 3 rings (SSSR count). The van der Waals surface area contributed by atoms with Gasteiger partial charge in [0.15, 0.2) is 0 Å². The summed E-state index contributed by atoms with van der Waals surface area (Å²) in [6.07, 6.45) is 0.295. The Labute approximate surface area is 150 Å². The lowest BCUT2D eigenvalue weighted by atomic mass is 9.77. The van der Waals surface area contributed by atoms with Crippen molar-refractivity contribution in [2.24, 2.45) is 11.8 Å². The van der Waals surface area contributed by atoms with Crippen LogP contribution in [0.1, 0.15) is 31.4 Å². The fourth-order valence-electron chi connectivity index (χ4n) is 3.61. The number of hydrogen-bond donors (Lipinski definition) is 1.